The molecular weight excluding hydrogens is 250 g/mol. The van der Waals surface area contributed by atoms with E-state index in [1.165, 1.54) is 6.42 Å². The van der Waals surface area contributed by atoms with E-state index in [0.717, 1.165) is 29.8 Å². The van der Waals surface area contributed by atoms with E-state index in [1.807, 2.05) is 12.3 Å². The van der Waals surface area contributed by atoms with Crippen LogP contribution in [0.2, 0.25) is 5.28 Å². The number of halogens is 1. The molecule has 1 fully saturated rings. The summed E-state index contributed by atoms with van der Waals surface area (Å²) in [6, 6.07) is 2.96. The van der Waals surface area contributed by atoms with Gasteiger partial charge in [0.15, 0.2) is 0 Å². The van der Waals surface area contributed by atoms with Crippen molar-refractivity contribution >= 4 is 28.5 Å². The smallest absolute Gasteiger partial charge is 0.226 e. The Morgan fingerprint density at radius 2 is 2.28 bits per heavy atom. The molecular formula is C12H16ClN5. The van der Waals surface area contributed by atoms with Gasteiger partial charge in [0.05, 0.1) is 5.39 Å². The molecule has 0 spiro atoms. The molecule has 0 aliphatic carbocycles. The van der Waals surface area contributed by atoms with Gasteiger partial charge in [-0.3, -0.25) is 0 Å². The SMILES string of the molecule is CC1CC[C@@H](Nc2nc(Cl)nc3[nH]ccc23)CN1. The predicted molar refractivity (Wildman–Crippen MR) is 73.0 cm³/mol. The molecule has 3 heterocycles. The summed E-state index contributed by atoms with van der Waals surface area (Å²) < 4.78 is 0. The van der Waals surface area contributed by atoms with Crippen molar-refractivity contribution in [3.63, 3.8) is 0 Å². The molecule has 1 saturated heterocycles. The molecule has 0 amide bonds. The average Bonchev–Trinajstić information content (AvgIpc) is 2.80. The van der Waals surface area contributed by atoms with E-state index >= 15 is 0 Å². The van der Waals surface area contributed by atoms with Crippen molar-refractivity contribution in [2.45, 2.75) is 31.8 Å². The number of aromatic amines is 1. The topological polar surface area (TPSA) is 65.6 Å². The van der Waals surface area contributed by atoms with E-state index in [-0.39, 0.29) is 5.28 Å². The van der Waals surface area contributed by atoms with Crippen LogP contribution in [0.15, 0.2) is 12.3 Å². The zero-order valence-electron chi connectivity index (χ0n) is 10.2. The highest BCUT2D eigenvalue weighted by molar-refractivity contribution is 6.28. The van der Waals surface area contributed by atoms with E-state index < -0.39 is 0 Å². The minimum Gasteiger partial charge on any atom is -0.365 e. The molecule has 2 aromatic heterocycles. The van der Waals surface area contributed by atoms with Gasteiger partial charge in [-0.05, 0) is 37.4 Å². The van der Waals surface area contributed by atoms with Gasteiger partial charge in [-0.15, -0.1) is 0 Å². The lowest BCUT2D eigenvalue weighted by molar-refractivity contribution is 0.398. The van der Waals surface area contributed by atoms with Crippen LogP contribution >= 0.6 is 11.6 Å². The summed E-state index contributed by atoms with van der Waals surface area (Å²) in [5.74, 6) is 0.813. The maximum atomic E-state index is 5.92. The lowest BCUT2D eigenvalue weighted by atomic mass is 10.0. The summed E-state index contributed by atoms with van der Waals surface area (Å²) in [6.45, 7) is 3.16. The second kappa shape index (κ2) is 4.74. The fourth-order valence-electron chi connectivity index (χ4n) is 2.34. The second-order valence-corrected chi connectivity index (χ2v) is 5.15. The minimum atomic E-state index is 0.268. The predicted octanol–water partition coefficient (Wildman–Crippen LogP) is 2.16. The first-order valence-electron chi connectivity index (χ1n) is 6.23. The highest BCUT2D eigenvalue weighted by Gasteiger charge is 2.19. The van der Waals surface area contributed by atoms with Gasteiger partial charge in [-0.25, -0.2) is 4.98 Å². The molecule has 0 saturated carbocycles. The molecule has 0 bridgehead atoms. The van der Waals surface area contributed by atoms with E-state index in [2.05, 4.69) is 32.5 Å². The van der Waals surface area contributed by atoms with Crippen molar-refractivity contribution in [3.05, 3.63) is 17.5 Å². The fraction of sp³-hybridized carbons (Fsp3) is 0.500. The number of nitrogens with zero attached hydrogens (tertiary/aromatic N) is 2. The zero-order chi connectivity index (χ0) is 12.5. The van der Waals surface area contributed by atoms with Crippen LogP contribution in [0.4, 0.5) is 5.82 Å². The van der Waals surface area contributed by atoms with Crippen molar-refractivity contribution in [2.75, 3.05) is 11.9 Å². The van der Waals surface area contributed by atoms with E-state index in [0.29, 0.717) is 12.1 Å². The summed E-state index contributed by atoms with van der Waals surface area (Å²) in [7, 11) is 0. The fourth-order valence-corrected chi connectivity index (χ4v) is 2.51. The van der Waals surface area contributed by atoms with Crippen molar-refractivity contribution in [3.8, 4) is 0 Å². The van der Waals surface area contributed by atoms with Gasteiger partial charge in [0.1, 0.15) is 11.5 Å². The first kappa shape index (κ1) is 11.7. The molecule has 3 N–H and O–H groups in total. The minimum absolute atomic E-state index is 0.268. The van der Waals surface area contributed by atoms with Gasteiger partial charge in [-0.2, -0.15) is 4.98 Å². The molecule has 0 aromatic carbocycles. The van der Waals surface area contributed by atoms with Gasteiger partial charge in [-0.1, -0.05) is 0 Å². The highest BCUT2D eigenvalue weighted by Crippen LogP contribution is 2.23. The first-order valence-corrected chi connectivity index (χ1v) is 6.61. The third-order valence-electron chi connectivity index (χ3n) is 3.39. The summed E-state index contributed by atoms with van der Waals surface area (Å²) in [5.41, 5.74) is 0.773. The van der Waals surface area contributed by atoms with Crippen molar-refractivity contribution < 1.29 is 0 Å². The number of hydrogen-bond acceptors (Lipinski definition) is 4. The summed E-state index contributed by atoms with van der Waals surface area (Å²) in [4.78, 5) is 11.5. The first-order chi connectivity index (χ1) is 8.72. The number of fused-ring (bicyclic) bond motifs is 1. The Morgan fingerprint density at radius 1 is 1.39 bits per heavy atom. The number of piperidine rings is 1. The standard InChI is InChI=1S/C12H16ClN5/c1-7-2-3-8(6-15-7)16-11-9-4-5-14-10(9)17-12(13)18-11/h4-5,7-8,15H,2-3,6H2,1H3,(H2,14,16,17,18)/t7?,8-/m1/s1. The van der Waals surface area contributed by atoms with Gasteiger partial charge in [0, 0.05) is 24.8 Å². The molecule has 1 aliphatic rings. The van der Waals surface area contributed by atoms with E-state index in [1.54, 1.807) is 0 Å². The van der Waals surface area contributed by atoms with E-state index in [4.69, 9.17) is 11.6 Å². The molecule has 2 atom stereocenters. The van der Waals surface area contributed by atoms with Crippen LogP contribution in [-0.2, 0) is 0 Å². The molecule has 2 aromatic rings. The lowest BCUT2D eigenvalue weighted by Gasteiger charge is -2.28. The highest BCUT2D eigenvalue weighted by atomic mass is 35.5. The van der Waals surface area contributed by atoms with Gasteiger partial charge in [0.2, 0.25) is 5.28 Å². The maximum Gasteiger partial charge on any atom is 0.226 e. The Bertz CT molecular complexity index is 544. The van der Waals surface area contributed by atoms with Crippen LogP contribution in [0, 0.1) is 0 Å². The number of rotatable bonds is 2. The second-order valence-electron chi connectivity index (χ2n) is 4.81. The Hall–Kier alpha value is -1.33. The van der Waals surface area contributed by atoms with Crippen LogP contribution < -0.4 is 10.6 Å². The number of anilines is 1. The van der Waals surface area contributed by atoms with Crippen molar-refractivity contribution in [2.24, 2.45) is 0 Å². The Morgan fingerprint density at radius 3 is 3.06 bits per heavy atom. The van der Waals surface area contributed by atoms with Crippen LogP contribution in [0.1, 0.15) is 19.8 Å². The molecule has 96 valence electrons. The average molecular weight is 266 g/mol. The third kappa shape index (κ3) is 2.28. The Balaban J connectivity index is 1.83. The van der Waals surface area contributed by atoms with Crippen LogP contribution in [-0.4, -0.2) is 33.6 Å². The van der Waals surface area contributed by atoms with Crippen LogP contribution in [0.3, 0.4) is 0 Å². The maximum absolute atomic E-state index is 5.92. The molecule has 3 rings (SSSR count). The number of hydrogen-bond donors (Lipinski definition) is 3. The molecule has 5 nitrogen and oxygen atoms in total. The zero-order valence-corrected chi connectivity index (χ0v) is 11.0. The molecule has 0 radical (unpaired) electrons. The number of nitrogens with one attached hydrogen (secondary N) is 3. The van der Waals surface area contributed by atoms with Crippen LogP contribution in [0.25, 0.3) is 11.0 Å². The third-order valence-corrected chi connectivity index (χ3v) is 3.56. The monoisotopic (exact) mass is 265 g/mol. The Kier molecular flexibility index (Phi) is 3.09. The van der Waals surface area contributed by atoms with Crippen LogP contribution in [0.5, 0.6) is 0 Å². The molecule has 1 unspecified atom stereocenters. The molecule has 6 heteroatoms. The van der Waals surface area contributed by atoms with Gasteiger partial charge >= 0.3 is 0 Å². The number of aromatic nitrogens is 3. The largest absolute Gasteiger partial charge is 0.365 e. The summed E-state index contributed by atoms with van der Waals surface area (Å²) in [5, 5.41) is 8.17. The summed E-state index contributed by atoms with van der Waals surface area (Å²) in [6.07, 6.45) is 4.16. The lowest BCUT2D eigenvalue weighted by Crippen LogP contribution is -2.43. The normalized spacial score (nSPS) is 24.3. The molecule has 1 aliphatic heterocycles. The van der Waals surface area contributed by atoms with Crippen molar-refractivity contribution in [1.82, 2.24) is 20.3 Å². The number of H-pyrrole nitrogens is 1. The summed E-state index contributed by atoms with van der Waals surface area (Å²) >= 11 is 5.92. The van der Waals surface area contributed by atoms with Gasteiger partial charge < -0.3 is 15.6 Å². The Labute approximate surface area is 110 Å². The quantitative estimate of drug-likeness (QED) is 0.728. The van der Waals surface area contributed by atoms with Gasteiger partial charge in [0.25, 0.3) is 0 Å². The van der Waals surface area contributed by atoms with E-state index in [9.17, 15) is 0 Å². The van der Waals surface area contributed by atoms with Crippen molar-refractivity contribution in [1.29, 1.82) is 0 Å². The molecule has 18 heavy (non-hydrogen) atoms.